The Morgan fingerprint density at radius 2 is 0.983 bits per heavy atom. The predicted octanol–water partition coefficient (Wildman–Crippen LogP) is 13.6. The van der Waals surface area contributed by atoms with Gasteiger partial charge in [-0.05, 0) is 77.0 Å². The third kappa shape index (κ3) is 44.3. The molecule has 0 rings (SSSR count). The van der Waals surface area contributed by atoms with Gasteiger partial charge in [-0.3, -0.25) is 9.36 Å². The minimum Gasteiger partial charge on any atom is -0.756 e. The molecule has 0 aromatic rings. The molecular weight excluding hydrogens is 768 g/mol. The number of nitrogens with one attached hydrogen (secondary N) is 1. The number of carbonyl (C=O) groups is 1. The maximum absolute atomic E-state index is 12.9. The van der Waals surface area contributed by atoms with E-state index in [1.54, 1.807) is 6.08 Å². The van der Waals surface area contributed by atoms with Crippen LogP contribution in [0.15, 0.2) is 60.8 Å². The molecule has 0 saturated carbocycles. The molecule has 0 aliphatic carbocycles. The third-order valence-electron chi connectivity index (χ3n) is 10.7. The third-order valence-corrected chi connectivity index (χ3v) is 11.6. The van der Waals surface area contributed by atoms with Crippen LogP contribution < -0.4 is 10.2 Å². The Bertz CT molecular complexity index is 1160. The van der Waals surface area contributed by atoms with Crippen molar-refractivity contribution in [2.75, 3.05) is 40.9 Å². The van der Waals surface area contributed by atoms with Crippen LogP contribution >= 0.6 is 7.82 Å². The minimum atomic E-state index is -4.61. The van der Waals surface area contributed by atoms with Gasteiger partial charge in [-0.1, -0.05) is 184 Å². The molecule has 1 amide bonds. The van der Waals surface area contributed by atoms with Crippen molar-refractivity contribution in [1.82, 2.24) is 5.32 Å². The molecule has 0 bridgehead atoms. The molecule has 2 N–H and O–H groups in total. The lowest BCUT2D eigenvalue weighted by Gasteiger charge is -2.29. The van der Waals surface area contributed by atoms with E-state index in [-0.39, 0.29) is 12.5 Å². The van der Waals surface area contributed by atoms with Gasteiger partial charge in [-0.15, -0.1) is 0 Å². The summed E-state index contributed by atoms with van der Waals surface area (Å²) in [7, 11) is 1.23. The number of amides is 1. The fourth-order valence-electron chi connectivity index (χ4n) is 6.74. The molecule has 0 aromatic heterocycles. The van der Waals surface area contributed by atoms with E-state index >= 15 is 0 Å². The van der Waals surface area contributed by atoms with E-state index in [0.717, 1.165) is 51.4 Å². The van der Waals surface area contributed by atoms with Crippen molar-refractivity contribution < 1.29 is 32.9 Å². The Morgan fingerprint density at radius 1 is 0.583 bits per heavy atom. The molecule has 60 heavy (non-hydrogen) atoms. The van der Waals surface area contributed by atoms with Crippen LogP contribution in [0, 0.1) is 0 Å². The quantitative estimate of drug-likeness (QED) is 0.0273. The molecule has 0 aliphatic heterocycles. The zero-order valence-corrected chi connectivity index (χ0v) is 40.5. The highest BCUT2D eigenvalue weighted by Crippen LogP contribution is 2.38. The highest BCUT2D eigenvalue weighted by Gasteiger charge is 2.23. The molecule has 350 valence electrons. The number of unbranched alkanes of at least 4 members (excludes halogenated alkanes) is 23. The number of aliphatic hydroxyl groups is 1. The maximum atomic E-state index is 12.9. The predicted molar refractivity (Wildman–Crippen MR) is 256 cm³/mol. The van der Waals surface area contributed by atoms with Crippen LogP contribution in [0.25, 0.3) is 0 Å². The van der Waals surface area contributed by atoms with Crippen molar-refractivity contribution in [3.05, 3.63) is 60.8 Å². The molecule has 0 heterocycles. The number of likely N-dealkylation sites (N-methyl/N-ethyl adjacent to an activating group) is 1. The van der Waals surface area contributed by atoms with Gasteiger partial charge in [0, 0.05) is 6.42 Å². The fraction of sp³-hybridized carbons (Fsp3) is 0.784. The first-order valence-corrected chi connectivity index (χ1v) is 26.1. The lowest BCUT2D eigenvalue weighted by Crippen LogP contribution is -2.45. The van der Waals surface area contributed by atoms with Gasteiger partial charge in [0.25, 0.3) is 7.82 Å². The lowest BCUT2D eigenvalue weighted by atomic mass is 10.1. The number of phosphoric ester groups is 1. The summed E-state index contributed by atoms with van der Waals surface area (Å²) in [4.78, 5) is 25.4. The number of carbonyl (C=O) groups excluding carboxylic acids is 1. The Morgan fingerprint density at radius 3 is 1.48 bits per heavy atom. The summed E-state index contributed by atoms with van der Waals surface area (Å²) in [6.07, 6.45) is 55.6. The normalized spacial score (nSPS) is 14.7. The zero-order chi connectivity index (χ0) is 44.3. The molecule has 8 nitrogen and oxygen atoms in total. The minimum absolute atomic E-state index is 0.0118. The summed E-state index contributed by atoms with van der Waals surface area (Å²) in [5.41, 5.74) is 0. The molecule has 0 aromatic carbocycles. The average molecular weight is 863 g/mol. The Hall–Kier alpha value is -1.80. The van der Waals surface area contributed by atoms with Crippen LogP contribution in [0.1, 0.15) is 206 Å². The maximum Gasteiger partial charge on any atom is 0.268 e. The summed E-state index contributed by atoms with van der Waals surface area (Å²) < 4.78 is 23.2. The molecule has 0 saturated heterocycles. The zero-order valence-electron chi connectivity index (χ0n) is 39.6. The van der Waals surface area contributed by atoms with Crippen molar-refractivity contribution in [3.8, 4) is 0 Å². The lowest BCUT2D eigenvalue weighted by molar-refractivity contribution is -0.870. The molecule has 0 radical (unpaired) electrons. The number of quaternary nitrogens is 1. The van der Waals surface area contributed by atoms with Crippen LogP contribution in [-0.4, -0.2) is 68.5 Å². The van der Waals surface area contributed by atoms with Gasteiger partial charge >= 0.3 is 0 Å². The van der Waals surface area contributed by atoms with Gasteiger partial charge < -0.3 is 28.8 Å². The smallest absolute Gasteiger partial charge is 0.268 e. The van der Waals surface area contributed by atoms with E-state index in [2.05, 4.69) is 67.8 Å². The van der Waals surface area contributed by atoms with Crippen molar-refractivity contribution in [2.45, 2.75) is 219 Å². The van der Waals surface area contributed by atoms with Gasteiger partial charge in [-0.25, -0.2) is 0 Å². The number of rotatable bonds is 44. The second kappa shape index (κ2) is 42.5. The van der Waals surface area contributed by atoms with Gasteiger partial charge in [0.15, 0.2) is 0 Å². The van der Waals surface area contributed by atoms with E-state index in [9.17, 15) is 19.4 Å². The van der Waals surface area contributed by atoms with Gasteiger partial charge in [0.05, 0.1) is 39.9 Å². The van der Waals surface area contributed by atoms with Crippen molar-refractivity contribution in [3.63, 3.8) is 0 Å². The number of hydrogen-bond donors (Lipinski definition) is 2. The van der Waals surface area contributed by atoms with Crippen LogP contribution in [0.5, 0.6) is 0 Å². The Kier molecular flexibility index (Phi) is 41.2. The monoisotopic (exact) mass is 863 g/mol. The van der Waals surface area contributed by atoms with Gasteiger partial charge in [-0.2, -0.15) is 0 Å². The molecule has 9 heteroatoms. The number of phosphoric acid groups is 1. The van der Waals surface area contributed by atoms with E-state index in [0.29, 0.717) is 17.4 Å². The summed E-state index contributed by atoms with van der Waals surface area (Å²) >= 11 is 0. The first-order valence-electron chi connectivity index (χ1n) is 24.7. The Balaban J connectivity index is 4.44. The molecule has 0 spiro atoms. The highest BCUT2D eigenvalue weighted by molar-refractivity contribution is 7.45. The summed E-state index contributed by atoms with van der Waals surface area (Å²) in [5, 5.41) is 13.8. The standard InChI is InChI=1S/C51H95N2O6P/c1-6-8-10-12-14-16-18-20-22-24-26-28-30-32-34-36-38-40-42-44-50(54)49(48-59-60(56,57)58-47-46-53(3,4)5)52-51(55)45-43-41-39-37-35-33-31-29-27-25-23-21-19-17-15-13-11-9-7-2/h15,17,21,23,26,28,34,36,42,44,49-50,54H,6-14,16,18-20,22,24-25,27,29-33,35,37-41,43,45-48H2,1-5H3,(H-,52,55,56,57)/b17-15-,23-21-,28-26+,36-34+,44-42+. The summed E-state index contributed by atoms with van der Waals surface area (Å²) in [5.74, 6) is -0.218. The van der Waals surface area contributed by atoms with E-state index in [1.807, 2.05) is 27.2 Å². The van der Waals surface area contributed by atoms with Gasteiger partial charge in [0.2, 0.25) is 5.91 Å². The SMILES string of the molecule is CCCCC/C=C\C/C=C\CCCCCCCCCCCC(=O)NC(COP(=O)([O-])OCC[N+](C)(C)C)C(O)/C=C/CC/C=C/CC/C=C/CCCCCCCCCCC. The molecule has 0 aliphatic rings. The number of nitrogens with zero attached hydrogens (tertiary/aromatic N) is 1. The van der Waals surface area contributed by atoms with E-state index < -0.39 is 26.6 Å². The highest BCUT2D eigenvalue weighted by atomic mass is 31.2. The average Bonchev–Trinajstić information content (AvgIpc) is 3.20. The van der Waals surface area contributed by atoms with Gasteiger partial charge in [0.1, 0.15) is 13.2 Å². The molecule has 3 atom stereocenters. The summed E-state index contributed by atoms with van der Waals surface area (Å²) in [6.45, 7) is 4.59. The second-order valence-electron chi connectivity index (χ2n) is 17.8. The van der Waals surface area contributed by atoms with Crippen LogP contribution in [-0.2, 0) is 18.4 Å². The van der Waals surface area contributed by atoms with Crippen molar-refractivity contribution in [2.24, 2.45) is 0 Å². The molecule has 0 fully saturated rings. The molecule has 3 unspecified atom stereocenters. The topological polar surface area (TPSA) is 108 Å². The van der Waals surface area contributed by atoms with E-state index in [4.69, 9.17) is 9.05 Å². The van der Waals surface area contributed by atoms with E-state index in [1.165, 1.54) is 135 Å². The summed E-state index contributed by atoms with van der Waals surface area (Å²) in [6, 6.07) is -0.913. The number of aliphatic hydroxyl groups excluding tert-OH is 1. The van der Waals surface area contributed by atoms with Crippen LogP contribution in [0.3, 0.4) is 0 Å². The fourth-order valence-corrected chi connectivity index (χ4v) is 7.47. The number of allylic oxidation sites excluding steroid dienone is 9. The van der Waals surface area contributed by atoms with Crippen LogP contribution in [0.2, 0.25) is 0 Å². The largest absolute Gasteiger partial charge is 0.756 e. The molecular formula is C51H95N2O6P. The van der Waals surface area contributed by atoms with Crippen LogP contribution in [0.4, 0.5) is 0 Å². The van der Waals surface area contributed by atoms with Crippen molar-refractivity contribution in [1.29, 1.82) is 0 Å². The Labute approximate surface area is 371 Å². The first kappa shape index (κ1) is 58.2. The first-order chi connectivity index (χ1) is 29.0. The van der Waals surface area contributed by atoms with Crippen molar-refractivity contribution >= 4 is 13.7 Å². The second-order valence-corrected chi connectivity index (χ2v) is 19.2. The number of hydrogen-bond acceptors (Lipinski definition) is 6.